The molecule has 0 saturated heterocycles. The largest absolute Gasteiger partial charge is 0.271 e. The first-order valence-electron chi connectivity index (χ1n) is 6.99. The molecule has 3 N–H and O–H groups in total. The second-order valence-electron chi connectivity index (χ2n) is 5.58. The van der Waals surface area contributed by atoms with Gasteiger partial charge in [0.05, 0.1) is 0 Å². The normalized spacial score (nSPS) is 18.2. The molecule has 0 heterocycles. The molecule has 0 radical (unpaired) electrons. The number of rotatable bonds is 4. The number of nitrogens with one attached hydrogen (secondary N) is 1. The number of benzene rings is 2. The first kappa shape index (κ1) is 13.6. The van der Waals surface area contributed by atoms with Crippen molar-refractivity contribution in [2.45, 2.75) is 31.7 Å². The number of hydrazine groups is 1. The molecule has 2 atom stereocenters. The molecule has 3 rings (SSSR count). The molecule has 20 heavy (non-hydrogen) atoms. The van der Waals surface area contributed by atoms with Gasteiger partial charge >= 0.3 is 0 Å². The minimum absolute atomic E-state index is 0.0986. The van der Waals surface area contributed by atoms with Crippen LogP contribution in [-0.4, -0.2) is 0 Å². The predicted molar refractivity (Wildman–Crippen MR) is 83.8 cm³/mol. The molecule has 2 unspecified atom stereocenters. The van der Waals surface area contributed by atoms with E-state index in [4.69, 9.17) is 17.4 Å². The van der Waals surface area contributed by atoms with Crippen molar-refractivity contribution >= 4 is 11.6 Å². The van der Waals surface area contributed by atoms with E-state index in [0.29, 0.717) is 5.92 Å². The Morgan fingerprint density at radius 3 is 2.80 bits per heavy atom. The molecule has 0 bridgehead atoms. The summed E-state index contributed by atoms with van der Waals surface area (Å²) >= 11 is 6.35. The Labute approximate surface area is 124 Å². The van der Waals surface area contributed by atoms with Gasteiger partial charge in [-0.25, -0.2) is 0 Å². The van der Waals surface area contributed by atoms with Gasteiger partial charge in [-0.1, -0.05) is 48.0 Å². The zero-order valence-electron chi connectivity index (χ0n) is 11.6. The van der Waals surface area contributed by atoms with Crippen LogP contribution in [-0.2, 0) is 6.42 Å². The first-order chi connectivity index (χ1) is 9.69. The van der Waals surface area contributed by atoms with Gasteiger partial charge in [0.1, 0.15) is 0 Å². The Kier molecular flexibility index (Phi) is 3.79. The topological polar surface area (TPSA) is 38.0 Å². The lowest BCUT2D eigenvalue weighted by atomic mass is 9.74. The highest BCUT2D eigenvalue weighted by molar-refractivity contribution is 6.31. The molecule has 2 aromatic rings. The second kappa shape index (κ2) is 5.57. The highest BCUT2D eigenvalue weighted by Crippen LogP contribution is 2.41. The van der Waals surface area contributed by atoms with Crippen LogP contribution in [0.2, 0.25) is 5.02 Å². The lowest BCUT2D eigenvalue weighted by Crippen LogP contribution is -2.31. The summed E-state index contributed by atoms with van der Waals surface area (Å²) in [6.45, 7) is 2.04. The molecule has 0 aromatic heterocycles. The average molecular weight is 287 g/mol. The summed E-state index contributed by atoms with van der Waals surface area (Å²) in [4.78, 5) is 0. The predicted octanol–water partition coefficient (Wildman–Crippen LogP) is 3.88. The molecule has 0 fully saturated rings. The highest BCUT2D eigenvalue weighted by atomic mass is 35.5. The van der Waals surface area contributed by atoms with Gasteiger partial charge in [0.15, 0.2) is 0 Å². The molecule has 1 aliphatic carbocycles. The lowest BCUT2D eigenvalue weighted by Gasteiger charge is -2.33. The number of hydrogen-bond acceptors (Lipinski definition) is 2. The summed E-state index contributed by atoms with van der Waals surface area (Å²) < 4.78 is 0. The zero-order valence-corrected chi connectivity index (χ0v) is 12.3. The van der Waals surface area contributed by atoms with Crippen LogP contribution in [0.3, 0.4) is 0 Å². The van der Waals surface area contributed by atoms with E-state index in [2.05, 4.69) is 41.8 Å². The van der Waals surface area contributed by atoms with E-state index < -0.39 is 0 Å². The standard InChI is InChI=1S/C17H19ClN2/c1-11-6-7-15(16(18)8-11)17(20-19)10-13-9-12-4-2-3-5-14(12)13/h2-8,13,17,20H,9-10,19H2,1H3. The van der Waals surface area contributed by atoms with E-state index in [1.165, 1.54) is 16.7 Å². The first-order valence-corrected chi connectivity index (χ1v) is 7.37. The zero-order chi connectivity index (χ0) is 14.1. The minimum Gasteiger partial charge on any atom is -0.271 e. The van der Waals surface area contributed by atoms with E-state index >= 15 is 0 Å². The molecule has 1 aliphatic rings. The van der Waals surface area contributed by atoms with Gasteiger partial charge in [0.25, 0.3) is 0 Å². The molecule has 0 saturated carbocycles. The van der Waals surface area contributed by atoms with Gasteiger partial charge in [-0.05, 0) is 54.0 Å². The van der Waals surface area contributed by atoms with Crippen LogP contribution >= 0.6 is 11.6 Å². The van der Waals surface area contributed by atoms with E-state index in [-0.39, 0.29) is 6.04 Å². The van der Waals surface area contributed by atoms with Crippen molar-refractivity contribution in [3.63, 3.8) is 0 Å². The summed E-state index contributed by atoms with van der Waals surface area (Å²) in [6.07, 6.45) is 2.12. The summed E-state index contributed by atoms with van der Waals surface area (Å²) in [7, 11) is 0. The smallest absolute Gasteiger partial charge is 0.0480 e. The van der Waals surface area contributed by atoms with Gasteiger partial charge in [0.2, 0.25) is 0 Å². The molecule has 2 aromatic carbocycles. The van der Waals surface area contributed by atoms with Gasteiger partial charge in [-0.3, -0.25) is 11.3 Å². The Morgan fingerprint density at radius 1 is 1.30 bits per heavy atom. The molecule has 0 amide bonds. The number of nitrogens with two attached hydrogens (primary N) is 1. The Hall–Kier alpha value is -1.35. The molecule has 2 nitrogen and oxygen atoms in total. The Morgan fingerprint density at radius 2 is 2.10 bits per heavy atom. The second-order valence-corrected chi connectivity index (χ2v) is 5.99. The van der Waals surface area contributed by atoms with Crippen molar-refractivity contribution in [1.29, 1.82) is 0 Å². The maximum atomic E-state index is 6.35. The van der Waals surface area contributed by atoms with Crippen LogP contribution in [0.25, 0.3) is 0 Å². The summed E-state index contributed by atoms with van der Waals surface area (Å²) in [5.41, 5.74) is 8.10. The van der Waals surface area contributed by atoms with Crippen molar-refractivity contribution in [2.75, 3.05) is 0 Å². The fraction of sp³-hybridized carbons (Fsp3) is 0.294. The van der Waals surface area contributed by atoms with Crippen LogP contribution in [0.4, 0.5) is 0 Å². The van der Waals surface area contributed by atoms with Crippen molar-refractivity contribution in [3.05, 3.63) is 69.7 Å². The molecule has 3 heteroatoms. The highest BCUT2D eigenvalue weighted by Gasteiger charge is 2.28. The van der Waals surface area contributed by atoms with Crippen LogP contribution in [0, 0.1) is 6.92 Å². The monoisotopic (exact) mass is 286 g/mol. The quantitative estimate of drug-likeness (QED) is 0.661. The lowest BCUT2D eigenvalue weighted by molar-refractivity contribution is 0.435. The maximum Gasteiger partial charge on any atom is 0.0480 e. The Balaban J connectivity index is 1.79. The van der Waals surface area contributed by atoms with Crippen molar-refractivity contribution in [2.24, 2.45) is 5.84 Å². The fourth-order valence-electron chi connectivity index (χ4n) is 3.06. The fourth-order valence-corrected chi connectivity index (χ4v) is 3.42. The van der Waals surface area contributed by atoms with Crippen LogP contribution < -0.4 is 11.3 Å². The third-order valence-electron chi connectivity index (χ3n) is 4.21. The molecular weight excluding hydrogens is 268 g/mol. The van der Waals surface area contributed by atoms with Gasteiger partial charge < -0.3 is 0 Å². The van der Waals surface area contributed by atoms with E-state index in [0.717, 1.165) is 23.4 Å². The average Bonchev–Trinajstić information content (AvgIpc) is 2.41. The van der Waals surface area contributed by atoms with Gasteiger partial charge in [-0.2, -0.15) is 0 Å². The molecule has 104 valence electrons. The number of halogens is 1. The minimum atomic E-state index is 0.0986. The van der Waals surface area contributed by atoms with Crippen LogP contribution in [0.15, 0.2) is 42.5 Å². The Bertz CT molecular complexity index is 624. The van der Waals surface area contributed by atoms with Crippen molar-refractivity contribution < 1.29 is 0 Å². The maximum absolute atomic E-state index is 6.35. The van der Waals surface area contributed by atoms with Crippen LogP contribution in [0.1, 0.15) is 40.6 Å². The summed E-state index contributed by atoms with van der Waals surface area (Å²) in [6, 6.07) is 14.9. The third-order valence-corrected chi connectivity index (χ3v) is 4.54. The van der Waals surface area contributed by atoms with Crippen LogP contribution in [0.5, 0.6) is 0 Å². The molecule has 0 aliphatic heterocycles. The van der Waals surface area contributed by atoms with Crippen molar-refractivity contribution in [1.82, 2.24) is 5.43 Å². The third kappa shape index (κ3) is 2.47. The summed E-state index contributed by atoms with van der Waals surface area (Å²) in [5.74, 6) is 6.32. The summed E-state index contributed by atoms with van der Waals surface area (Å²) in [5, 5.41) is 0.792. The SMILES string of the molecule is Cc1ccc(C(CC2Cc3ccccc32)NN)c(Cl)c1. The molecular formula is C17H19ClN2. The van der Waals surface area contributed by atoms with E-state index in [1.54, 1.807) is 0 Å². The van der Waals surface area contributed by atoms with Gasteiger partial charge in [0, 0.05) is 11.1 Å². The van der Waals surface area contributed by atoms with E-state index in [1.807, 2.05) is 13.0 Å². The number of hydrogen-bond donors (Lipinski definition) is 2. The number of fused-ring (bicyclic) bond motifs is 1. The van der Waals surface area contributed by atoms with Gasteiger partial charge in [-0.15, -0.1) is 0 Å². The van der Waals surface area contributed by atoms with Crippen molar-refractivity contribution in [3.8, 4) is 0 Å². The molecule has 0 spiro atoms. The van der Waals surface area contributed by atoms with E-state index in [9.17, 15) is 0 Å². The number of aryl methyl sites for hydroxylation is 1.